The highest BCUT2D eigenvalue weighted by molar-refractivity contribution is 7.13. The normalized spacial score (nSPS) is 11.1. The van der Waals surface area contributed by atoms with Gasteiger partial charge in [0.2, 0.25) is 5.95 Å². The van der Waals surface area contributed by atoms with Crippen molar-refractivity contribution in [2.75, 3.05) is 5.73 Å². The summed E-state index contributed by atoms with van der Waals surface area (Å²) in [6.45, 7) is 0. The molecule has 0 atom stereocenters. The molecule has 0 radical (unpaired) electrons. The number of fused-ring (bicyclic) bond motifs is 1. The quantitative estimate of drug-likeness (QED) is 0.426. The highest BCUT2D eigenvalue weighted by atomic mass is 32.1. The molecule has 136 valence electrons. The summed E-state index contributed by atoms with van der Waals surface area (Å²) in [5.74, 6) is 0.953. The van der Waals surface area contributed by atoms with Crippen LogP contribution in [-0.2, 0) is 6.42 Å². The molecule has 0 unspecified atom stereocenters. The van der Waals surface area contributed by atoms with Crippen molar-refractivity contribution in [3.63, 3.8) is 0 Å². The van der Waals surface area contributed by atoms with Gasteiger partial charge in [-0.3, -0.25) is 0 Å². The van der Waals surface area contributed by atoms with E-state index in [4.69, 9.17) is 10.2 Å². The summed E-state index contributed by atoms with van der Waals surface area (Å²) in [6.07, 6.45) is 0.695. The van der Waals surface area contributed by atoms with E-state index in [2.05, 4.69) is 28.2 Å². The first-order valence-electron chi connectivity index (χ1n) is 9.01. The standard InChI is InChI=1S/C23H17N3OS/c24-23-25-21(19-14-16-9-4-5-10-18(16)27-19)17(13-15-7-2-1-3-8-15)22(26-23)20-11-6-12-28-20/h1-12,14H,13H2,(H2,24,25,26). The molecule has 2 N–H and O–H groups in total. The van der Waals surface area contributed by atoms with Crippen molar-refractivity contribution in [3.05, 3.63) is 89.3 Å². The van der Waals surface area contributed by atoms with E-state index in [1.165, 1.54) is 5.56 Å². The number of nitrogens with two attached hydrogens (primary N) is 1. The Morgan fingerprint density at radius 2 is 1.64 bits per heavy atom. The third kappa shape index (κ3) is 3.06. The molecule has 0 aliphatic rings. The van der Waals surface area contributed by atoms with E-state index in [9.17, 15) is 0 Å². The number of nitrogens with zero attached hydrogens (tertiary/aromatic N) is 2. The lowest BCUT2D eigenvalue weighted by atomic mass is 9.99. The minimum absolute atomic E-state index is 0.246. The predicted molar refractivity (Wildman–Crippen MR) is 114 cm³/mol. The summed E-state index contributed by atoms with van der Waals surface area (Å²) in [5, 5.41) is 3.08. The molecule has 0 spiro atoms. The highest BCUT2D eigenvalue weighted by Crippen LogP contribution is 2.36. The van der Waals surface area contributed by atoms with E-state index >= 15 is 0 Å². The first kappa shape index (κ1) is 16.7. The molecule has 0 saturated carbocycles. The summed E-state index contributed by atoms with van der Waals surface area (Å²) < 4.78 is 6.12. The second-order valence-corrected chi connectivity index (χ2v) is 7.49. The molecule has 0 saturated heterocycles. The van der Waals surface area contributed by atoms with E-state index in [0.717, 1.165) is 32.8 Å². The van der Waals surface area contributed by atoms with Gasteiger partial charge in [-0.05, 0) is 29.1 Å². The third-order valence-electron chi connectivity index (χ3n) is 4.66. The molecule has 28 heavy (non-hydrogen) atoms. The molecule has 5 heteroatoms. The fraction of sp³-hybridized carbons (Fsp3) is 0.0435. The van der Waals surface area contributed by atoms with Crippen LogP contribution >= 0.6 is 11.3 Å². The van der Waals surface area contributed by atoms with Crippen molar-refractivity contribution in [3.8, 4) is 22.0 Å². The van der Waals surface area contributed by atoms with Crippen LogP contribution in [0.1, 0.15) is 11.1 Å². The van der Waals surface area contributed by atoms with Crippen LogP contribution in [-0.4, -0.2) is 9.97 Å². The van der Waals surface area contributed by atoms with Crippen LogP contribution in [0.15, 0.2) is 82.6 Å². The summed E-state index contributed by atoms with van der Waals surface area (Å²) in [7, 11) is 0. The number of benzene rings is 2. The van der Waals surface area contributed by atoms with Crippen molar-refractivity contribution in [1.29, 1.82) is 0 Å². The fourth-order valence-corrected chi connectivity index (χ4v) is 4.13. The summed E-state index contributed by atoms with van der Waals surface area (Å²) >= 11 is 1.64. The molecule has 0 bridgehead atoms. The number of anilines is 1. The average Bonchev–Trinajstić information content (AvgIpc) is 3.39. The van der Waals surface area contributed by atoms with Crippen molar-refractivity contribution >= 4 is 28.3 Å². The minimum atomic E-state index is 0.246. The second-order valence-electron chi connectivity index (χ2n) is 6.55. The van der Waals surface area contributed by atoms with Crippen molar-refractivity contribution in [2.24, 2.45) is 0 Å². The molecule has 3 aromatic heterocycles. The van der Waals surface area contributed by atoms with Crippen molar-refractivity contribution < 1.29 is 4.42 Å². The number of para-hydroxylation sites is 1. The summed E-state index contributed by atoms with van der Waals surface area (Å²) in [6, 6.07) is 24.4. The summed E-state index contributed by atoms with van der Waals surface area (Å²) in [4.78, 5) is 10.2. The van der Waals surface area contributed by atoms with Crippen molar-refractivity contribution in [1.82, 2.24) is 9.97 Å². The molecule has 4 nitrogen and oxygen atoms in total. The topological polar surface area (TPSA) is 64.9 Å². The van der Waals surface area contributed by atoms with Gasteiger partial charge in [-0.25, -0.2) is 9.97 Å². The molecule has 5 rings (SSSR count). The molecule has 5 aromatic rings. The Morgan fingerprint density at radius 3 is 2.43 bits per heavy atom. The van der Waals surface area contributed by atoms with Crippen LogP contribution in [0.2, 0.25) is 0 Å². The molecule has 0 amide bonds. The number of hydrogen-bond acceptors (Lipinski definition) is 5. The van der Waals surface area contributed by atoms with E-state index < -0.39 is 0 Å². The Balaban J connectivity index is 1.75. The van der Waals surface area contributed by atoms with Crippen LogP contribution < -0.4 is 5.73 Å². The van der Waals surface area contributed by atoms with Gasteiger partial charge in [0.25, 0.3) is 0 Å². The van der Waals surface area contributed by atoms with Crippen LogP contribution in [0.5, 0.6) is 0 Å². The Kier molecular flexibility index (Phi) is 4.14. The Hall–Kier alpha value is -3.44. The fourth-order valence-electron chi connectivity index (χ4n) is 3.39. The second kappa shape index (κ2) is 6.94. The van der Waals surface area contributed by atoms with Crippen LogP contribution in [0.4, 0.5) is 5.95 Å². The van der Waals surface area contributed by atoms with Gasteiger partial charge in [-0.15, -0.1) is 11.3 Å². The number of nitrogen functional groups attached to an aromatic ring is 1. The maximum absolute atomic E-state index is 6.12. The van der Waals surface area contributed by atoms with Gasteiger partial charge < -0.3 is 10.2 Å². The average molecular weight is 383 g/mol. The first-order valence-corrected chi connectivity index (χ1v) is 9.89. The molecule has 3 heterocycles. The largest absolute Gasteiger partial charge is 0.454 e. The zero-order valence-corrected chi connectivity index (χ0v) is 15.8. The molecule has 0 fully saturated rings. The van der Waals surface area contributed by atoms with Gasteiger partial charge in [-0.2, -0.15) is 0 Å². The number of furan rings is 1. The van der Waals surface area contributed by atoms with E-state index in [1.807, 2.05) is 60.0 Å². The lowest BCUT2D eigenvalue weighted by Crippen LogP contribution is -2.05. The lowest BCUT2D eigenvalue weighted by Gasteiger charge is -2.12. The van der Waals surface area contributed by atoms with Gasteiger partial charge >= 0.3 is 0 Å². The molecular formula is C23H17N3OS. The first-order chi connectivity index (χ1) is 13.8. The number of hydrogen-bond donors (Lipinski definition) is 1. The maximum atomic E-state index is 6.12. The van der Waals surface area contributed by atoms with Crippen LogP contribution in [0, 0.1) is 0 Å². The zero-order valence-electron chi connectivity index (χ0n) is 15.0. The maximum Gasteiger partial charge on any atom is 0.221 e. The monoisotopic (exact) mass is 383 g/mol. The minimum Gasteiger partial charge on any atom is -0.454 e. The number of aromatic nitrogens is 2. The van der Waals surface area contributed by atoms with Gasteiger partial charge in [0.15, 0.2) is 5.76 Å². The predicted octanol–water partition coefficient (Wildman–Crippen LogP) is 5.79. The van der Waals surface area contributed by atoms with E-state index in [-0.39, 0.29) is 5.95 Å². The SMILES string of the molecule is Nc1nc(-c2cc3ccccc3o2)c(Cc2ccccc2)c(-c2cccs2)n1. The van der Waals surface area contributed by atoms with Gasteiger partial charge in [0.1, 0.15) is 11.3 Å². The van der Waals surface area contributed by atoms with Gasteiger partial charge in [0, 0.05) is 17.4 Å². The number of rotatable bonds is 4. The Morgan fingerprint density at radius 1 is 0.857 bits per heavy atom. The molecule has 2 aromatic carbocycles. The lowest BCUT2D eigenvalue weighted by molar-refractivity contribution is 0.627. The Labute approximate surface area is 166 Å². The number of thiophene rings is 1. The molecular weight excluding hydrogens is 366 g/mol. The summed E-state index contributed by atoms with van der Waals surface area (Å²) in [5.41, 5.74) is 10.7. The molecule has 0 aliphatic carbocycles. The van der Waals surface area contributed by atoms with Gasteiger partial charge in [0.05, 0.1) is 10.6 Å². The van der Waals surface area contributed by atoms with Crippen LogP contribution in [0.25, 0.3) is 33.0 Å². The van der Waals surface area contributed by atoms with Crippen LogP contribution in [0.3, 0.4) is 0 Å². The Bertz CT molecular complexity index is 1210. The third-order valence-corrected chi connectivity index (χ3v) is 5.54. The highest BCUT2D eigenvalue weighted by Gasteiger charge is 2.20. The smallest absolute Gasteiger partial charge is 0.221 e. The van der Waals surface area contributed by atoms with E-state index in [0.29, 0.717) is 12.2 Å². The van der Waals surface area contributed by atoms with Crippen molar-refractivity contribution in [2.45, 2.75) is 6.42 Å². The molecule has 0 aliphatic heterocycles. The van der Waals surface area contributed by atoms with Gasteiger partial charge in [-0.1, -0.05) is 54.6 Å². The van der Waals surface area contributed by atoms with E-state index in [1.54, 1.807) is 11.3 Å². The zero-order chi connectivity index (χ0) is 18.9.